The molecular weight excluding hydrogens is 396 g/mol. The molecule has 0 aliphatic heterocycles. The van der Waals surface area contributed by atoms with Gasteiger partial charge in [-0.1, -0.05) is 96.1 Å². The molecular formula is C28H34N2O2. The van der Waals surface area contributed by atoms with Crippen molar-refractivity contribution in [3.05, 3.63) is 89.5 Å². The number of phenolic OH excluding ortho intramolecular Hbond substituents is 1. The molecule has 0 atom stereocenters. The predicted molar refractivity (Wildman–Crippen MR) is 134 cm³/mol. The van der Waals surface area contributed by atoms with Gasteiger partial charge in [0.2, 0.25) is 0 Å². The van der Waals surface area contributed by atoms with Crippen molar-refractivity contribution in [1.82, 2.24) is 0 Å². The molecule has 0 radical (unpaired) electrons. The number of hydrogen-bond donors (Lipinski definition) is 2. The highest BCUT2D eigenvalue weighted by atomic mass is 16.3. The smallest absolute Gasteiger partial charge is 0.184 e. The number of hydrogen-bond acceptors (Lipinski definition) is 4. The molecule has 2 N–H and O–H groups in total. The van der Waals surface area contributed by atoms with Crippen molar-refractivity contribution >= 4 is 17.2 Å². The fourth-order valence-corrected chi connectivity index (χ4v) is 3.53. The Morgan fingerprint density at radius 1 is 0.844 bits per heavy atom. The number of phenols is 1. The van der Waals surface area contributed by atoms with Crippen LogP contribution in [0.4, 0.5) is 11.4 Å². The molecule has 3 aromatic rings. The van der Waals surface area contributed by atoms with Crippen molar-refractivity contribution in [2.75, 3.05) is 17.0 Å². The molecule has 0 saturated carbocycles. The van der Waals surface area contributed by atoms with Crippen molar-refractivity contribution in [3.63, 3.8) is 0 Å². The van der Waals surface area contributed by atoms with E-state index in [1.165, 1.54) is 0 Å². The van der Waals surface area contributed by atoms with Gasteiger partial charge in [0.1, 0.15) is 12.3 Å². The lowest BCUT2D eigenvalue weighted by Crippen LogP contribution is -2.35. The van der Waals surface area contributed by atoms with Crippen LogP contribution in [0.5, 0.6) is 5.75 Å². The number of aromatic hydroxyl groups is 1. The summed E-state index contributed by atoms with van der Waals surface area (Å²) < 4.78 is 0. The number of rotatable bonds is 6. The summed E-state index contributed by atoms with van der Waals surface area (Å²) >= 11 is 0. The van der Waals surface area contributed by atoms with Gasteiger partial charge in [-0.3, -0.25) is 15.2 Å². The number of benzene rings is 3. The largest absolute Gasteiger partial charge is 0.505 e. The van der Waals surface area contributed by atoms with E-state index in [1.807, 2.05) is 66.7 Å². The van der Waals surface area contributed by atoms with Crippen LogP contribution in [0.2, 0.25) is 0 Å². The Labute approximate surface area is 191 Å². The van der Waals surface area contributed by atoms with Gasteiger partial charge < -0.3 is 5.11 Å². The maximum absolute atomic E-state index is 13.0. The highest BCUT2D eigenvalue weighted by Crippen LogP contribution is 2.40. The standard InChI is InChI=1S/C28H34N2O2/c1-27(2,3)21-17-23(28(4,5)6)26(32)24(18-21)29-30(22-15-11-8-12-16-22)19-25(31)20-13-9-7-10-14-20/h7-18,29,32H,19H2,1-6H3. The number of hydrazine groups is 1. The van der Waals surface area contributed by atoms with Crippen molar-refractivity contribution in [2.24, 2.45) is 0 Å². The van der Waals surface area contributed by atoms with Crippen molar-refractivity contribution in [1.29, 1.82) is 0 Å². The highest BCUT2D eigenvalue weighted by molar-refractivity contribution is 5.99. The Balaban J connectivity index is 2.05. The first-order valence-electron chi connectivity index (χ1n) is 11.0. The van der Waals surface area contributed by atoms with E-state index in [4.69, 9.17) is 0 Å². The predicted octanol–water partition coefficient (Wildman–Crippen LogP) is 6.70. The van der Waals surface area contributed by atoms with Gasteiger partial charge in [0, 0.05) is 11.1 Å². The summed E-state index contributed by atoms with van der Waals surface area (Å²) in [6.07, 6.45) is 0. The van der Waals surface area contributed by atoms with Crippen LogP contribution < -0.4 is 10.4 Å². The van der Waals surface area contributed by atoms with Crippen molar-refractivity contribution < 1.29 is 9.90 Å². The normalized spacial score (nSPS) is 11.8. The number of anilines is 2. The second kappa shape index (κ2) is 9.07. The maximum Gasteiger partial charge on any atom is 0.184 e. The van der Waals surface area contributed by atoms with Crippen molar-refractivity contribution in [3.8, 4) is 5.75 Å². The Bertz CT molecular complexity index is 1060. The molecule has 0 amide bonds. The van der Waals surface area contributed by atoms with E-state index in [0.717, 1.165) is 16.8 Å². The van der Waals surface area contributed by atoms with Crippen LogP contribution in [0.1, 0.15) is 63.0 Å². The topological polar surface area (TPSA) is 52.6 Å². The number of Topliss-reactive ketones (excluding diaryl/α,β-unsaturated/α-hetero) is 1. The third kappa shape index (κ3) is 5.50. The molecule has 168 valence electrons. The fraction of sp³-hybridized carbons (Fsp3) is 0.321. The molecule has 0 spiro atoms. The molecule has 0 aliphatic rings. The number of para-hydroxylation sites is 1. The van der Waals surface area contributed by atoms with E-state index < -0.39 is 0 Å². The Kier molecular flexibility index (Phi) is 6.63. The summed E-state index contributed by atoms with van der Waals surface area (Å²) in [5, 5.41) is 13.0. The fourth-order valence-electron chi connectivity index (χ4n) is 3.53. The molecule has 0 heterocycles. The highest BCUT2D eigenvalue weighted by Gasteiger charge is 2.26. The second-order valence-electron chi connectivity index (χ2n) is 10.2. The van der Waals surface area contributed by atoms with Gasteiger partial charge in [0.05, 0.1) is 11.4 Å². The monoisotopic (exact) mass is 430 g/mol. The van der Waals surface area contributed by atoms with Crippen LogP contribution >= 0.6 is 0 Å². The van der Waals surface area contributed by atoms with E-state index in [2.05, 4.69) is 53.0 Å². The summed E-state index contributed by atoms with van der Waals surface area (Å²) in [6, 6.07) is 23.0. The number of nitrogens with zero attached hydrogens (tertiary/aromatic N) is 1. The maximum atomic E-state index is 13.0. The Hall–Kier alpha value is -3.27. The number of carbonyl (C=O) groups is 1. The lowest BCUT2D eigenvalue weighted by molar-refractivity contribution is 0.1000. The van der Waals surface area contributed by atoms with Gasteiger partial charge >= 0.3 is 0 Å². The van der Waals surface area contributed by atoms with Gasteiger partial charge in [-0.05, 0) is 34.6 Å². The van der Waals surface area contributed by atoms with Crippen LogP contribution in [-0.2, 0) is 10.8 Å². The molecule has 3 rings (SSSR count). The third-order valence-electron chi connectivity index (χ3n) is 5.50. The summed E-state index contributed by atoms with van der Waals surface area (Å²) in [5.41, 5.74) is 7.09. The molecule has 4 heteroatoms. The van der Waals surface area contributed by atoms with Crippen LogP contribution in [0, 0.1) is 0 Å². The van der Waals surface area contributed by atoms with Gasteiger partial charge in [0.25, 0.3) is 0 Å². The number of nitrogens with one attached hydrogen (secondary N) is 1. The molecule has 0 bridgehead atoms. The van der Waals surface area contributed by atoms with E-state index >= 15 is 0 Å². The summed E-state index contributed by atoms with van der Waals surface area (Å²) in [7, 11) is 0. The summed E-state index contributed by atoms with van der Waals surface area (Å²) in [6.45, 7) is 12.9. The van der Waals surface area contributed by atoms with Gasteiger partial charge in [-0.25, -0.2) is 0 Å². The summed E-state index contributed by atoms with van der Waals surface area (Å²) in [5.74, 6) is 0.197. The average Bonchev–Trinajstić information content (AvgIpc) is 2.74. The SMILES string of the molecule is CC(C)(C)c1cc(NN(CC(=O)c2ccccc2)c2ccccc2)c(O)c(C(C)(C)C)c1. The average molecular weight is 431 g/mol. The molecule has 0 unspecified atom stereocenters. The first-order chi connectivity index (χ1) is 15.0. The van der Waals surface area contributed by atoms with E-state index in [0.29, 0.717) is 11.3 Å². The first-order valence-corrected chi connectivity index (χ1v) is 11.0. The molecule has 0 aromatic heterocycles. The van der Waals surface area contributed by atoms with Crippen molar-refractivity contribution in [2.45, 2.75) is 52.4 Å². The van der Waals surface area contributed by atoms with Crippen LogP contribution in [-0.4, -0.2) is 17.4 Å². The summed E-state index contributed by atoms with van der Waals surface area (Å²) in [4.78, 5) is 13.0. The first kappa shape index (κ1) is 23.4. The zero-order chi connectivity index (χ0) is 23.5. The number of ketones is 1. The minimum atomic E-state index is -0.237. The molecule has 32 heavy (non-hydrogen) atoms. The quantitative estimate of drug-likeness (QED) is 0.259. The van der Waals surface area contributed by atoms with Gasteiger partial charge in [0.15, 0.2) is 5.78 Å². The van der Waals surface area contributed by atoms with Crippen LogP contribution in [0.25, 0.3) is 0 Å². The zero-order valence-electron chi connectivity index (χ0n) is 19.9. The lowest BCUT2D eigenvalue weighted by atomic mass is 9.80. The van der Waals surface area contributed by atoms with E-state index in [9.17, 15) is 9.90 Å². The van der Waals surface area contributed by atoms with Gasteiger partial charge in [-0.2, -0.15) is 0 Å². The minimum Gasteiger partial charge on any atom is -0.505 e. The zero-order valence-corrected chi connectivity index (χ0v) is 19.9. The molecule has 4 nitrogen and oxygen atoms in total. The second-order valence-corrected chi connectivity index (χ2v) is 10.2. The molecule has 3 aromatic carbocycles. The van der Waals surface area contributed by atoms with Gasteiger partial charge in [-0.15, -0.1) is 0 Å². The Morgan fingerprint density at radius 2 is 1.41 bits per heavy atom. The Morgan fingerprint density at radius 3 is 1.94 bits per heavy atom. The van der Waals surface area contributed by atoms with E-state index in [-0.39, 0.29) is 28.9 Å². The molecule has 0 saturated heterocycles. The lowest BCUT2D eigenvalue weighted by Gasteiger charge is -2.31. The van der Waals surface area contributed by atoms with Crippen LogP contribution in [0.15, 0.2) is 72.8 Å². The molecule has 0 aliphatic carbocycles. The number of carbonyl (C=O) groups excluding carboxylic acids is 1. The van der Waals surface area contributed by atoms with Crippen LogP contribution in [0.3, 0.4) is 0 Å². The molecule has 0 fully saturated rings. The van der Waals surface area contributed by atoms with E-state index in [1.54, 1.807) is 5.01 Å². The third-order valence-corrected chi connectivity index (χ3v) is 5.50. The minimum absolute atomic E-state index is 0.00976.